The fraction of sp³-hybridized carbons (Fsp3) is 0.222. The first kappa shape index (κ1) is 20.9. The highest BCUT2D eigenvalue weighted by molar-refractivity contribution is 9.10. The lowest BCUT2D eigenvalue weighted by Gasteiger charge is -2.18. The van der Waals surface area contributed by atoms with Gasteiger partial charge in [-0.25, -0.2) is 4.79 Å². The van der Waals surface area contributed by atoms with Crippen molar-refractivity contribution in [1.29, 1.82) is 0 Å². The quantitative estimate of drug-likeness (QED) is 0.636. The Balaban J connectivity index is 2.09. The third kappa shape index (κ3) is 5.80. The minimum atomic E-state index is -4.54. The van der Waals surface area contributed by atoms with E-state index in [1.165, 1.54) is 0 Å². The van der Waals surface area contributed by atoms with Crippen LogP contribution < -0.4 is 5.32 Å². The molecule has 0 unspecified atom stereocenters. The van der Waals surface area contributed by atoms with Crippen molar-refractivity contribution in [3.63, 3.8) is 0 Å². The Morgan fingerprint density at radius 2 is 1.74 bits per heavy atom. The van der Waals surface area contributed by atoms with Gasteiger partial charge in [0.25, 0.3) is 5.91 Å². The lowest BCUT2D eigenvalue weighted by atomic mass is 10.0. The highest BCUT2D eigenvalue weighted by Gasteiger charge is 2.31. The molecule has 144 valence electrons. The molecule has 0 aliphatic heterocycles. The van der Waals surface area contributed by atoms with E-state index < -0.39 is 35.8 Å². The van der Waals surface area contributed by atoms with E-state index in [1.54, 1.807) is 24.3 Å². The standard InChI is InChI=1S/C18H15BrF3NO4/c19-13-3-1-2-10(8-13)9-14(17(26)27)23-16(25)15(24)11-4-6-12(7-5-11)18(20,21)22/h1-8,14-15,24H,9H2,(H,23,25)(H,26,27)/t14-,15-/m1/s1. The minimum absolute atomic E-state index is 0.0275. The summed E-state index contributed by atoms with van der Waals surface area (Å²) in [6.45, 7) is 0. The number of hydrogen-bond donors (Lipinski definition) is 3. The predicted octanol–water partition coefficient (Wildman–Crippen LogP) is 3.31. The maximum atomic E-state index is 12.6. The molecule has 2 aromatic rings. The van der Waals surface area contributed by atoms with Crippen LogP contribution in [0.3, 0.4) is 0 Å². The first-order valence-corrected chi connectivity index (χ1v) is 8.50. The molecular formula is C18H15BrF3NO4. The van der Waals surface area contributed by atoms with Crippen LogP contribution in [0, 0.1) is 0 Å². The van der Waals surface area contributed by atoms with E-state index in [4.69, 9.17) is 0 Å². The van der Waals surface area contributed by atoms with Crippen molar-refractivity contribution in [1.82, 2.24) is 5.32 Å². The van der Waals surface area contributed by atoms with Crippen LogP contribution in [0.2, 0.25) is 0 Å². The zero-order valence-electron chi connectivity index (χ0n) is 13.7. The SMILES string of the molecule is O=C(O)[C@@H](Cc1cccc(Br)c1)NC(=O)[C@H](O)c1ccc(C(F)(F)F)cc1. The molecule has 0 aromatic heterocycles. The van der Waals surface area contributed by atoms with Gasteiger partial charge in [0, 0.05) is 10.9 Å². The summed E-state index contributed by atoms with van der Waals surface area (Å²) < 4.78 is 38.4. The molecule has 0 aliphatic carbocycles. The molecule has 0 aliphatic rings. The fourth-order valence-electron chi connectivity index (χ4n) is 2.36. The van der Waals surface area contributed by atoms with E-state index in [0.717, 1.165) is 28.7 Å². The van der Waals surface area contributed by atoms with Crippen LogP contribution in [0.25, 0.3) is 0 Å². The molecule has 0 saturated carbocycles. The number of carboxylic acid groups (broad SMARTS) is 1. The molecule has 27 heavy (non-hydrogen) atoms. The first-order valence-electron chi connectivity index (χ1n) is 7.71. The van der Waals surface area contributed by atoms with Gasteiger partial charge < -0.3 is 15.5 Å². The number of aliphatic carboxylic acids is 1. The second kappa shape index (κ2) is 8.53. The van der Waals surface area contributed by atoms with E-state index >= 15 is 0 Å². The summed E-state index contributed by atoms with van der Waals surface area (Å²) in [6, 6.07) is 8.94. The molecule has 3 N–H and O–H groups in total. The average molecular weight is 446 g/mol. The van der Waals surface area contributed by atoms with E-state index in [9.17, 15) is 33.0 Å². The smallest absolute Gasteiger partial charge is 0.416 e. The summed E-state index contributed by atoms with van der Waals surface area (Å²) in [5.74, 6) is -2.32. The largest absolute Gasteiger partial charge is 0.480 e. The summed E-state index contributed by atoms with van der Waals surface area (Å²) in [5, 5.41) is 21.5. The predicted molar refractivity (Wildman–Crippen MR) is 93.8 cm³/mol. The Morgan fingerprint density at radius 1 is 1.11 bits per heavy atom. The van der Waals surface area contributed by atoms with Crippen LogP contribution in [0.1, 0.15) is 22.8 Å². The van der Waals surface area contributed by atoms with Gasteiger partial charge in [-0.1, -0.05) is 40.2 Å². The van der Waals surface area contributed by atoms with Gasteiger partial charge in [0.1, 0.15) is 6.04 Å². The third-order valence-corrected chi connectivity index (χ3v) is 4.24. The Bertz CT molecular complexity index is 824. The van der Waals surface area contributed by atoms with Crippen molar-refractivity contribution < 1.29 is 33.0 Å². The van der Waals surface area contributed by atoms with Crippen molar-refractivity contribution in [2.24, 2.45) is 0 Å². The molecule has 2 aromatic carbocycles. The highest BCUT2D eigenvalue weighted by atomic mass is 79.9. The normalized spacial score (nSPS) is 13.7. The van der Waals surface area contributed by atoms with Crippen molar-refractivity contribution in [2.75, 3.05) is 0 Å². The van der Waals surface area contributed by atoms with E-state index in [-0.39, 0.29) is 12.0 Å². The minimum Gasteiger partial charge on any atom is -0.480 e. The fourth-order valence-corrected chi connectivity index (χ4v) is 2.80. The molecule has 0 heterocycles. The van der Waals surface area contributed by atoms with Gasteiger partial charge in [-0.15, -0.1) is 0 Å². The highest BCUT2D eigenvalue weighted by Crippen LogP contribution is 2.30. The number of benzene rings is 2. The zero-order chi connectivity index (χ0) is 20.2. The Morgan fingerprint density at radius 3 is 2.26 bits per heavy atom. The molecule has 0 spiro atoms. The zero-order valence-corrected chi connectivity index (χ0v) is 15.3. The number of rotatable bonds is 6. The molecule has 0 bridgehead atoms. The summed E-state index contributed by atoms with van der Waals surface area (Å²) >= 11 is 3.26. The second-order valence-electron chi connectivity index (χ2n) is 5.76. The number of amides is 1. The maximum absolute atomic E-state index is 12.6. The molecule has 0 saturated heterocycles. The number of carbonyl (C=O) groups is 2. The molecule has 0 fully saturated rings. The van der Waals surface area contributed by atoms with Crippen LogP contribution in [0.4, 0.5) is 13.2 Å². The van der Waals surface area contributed by atoms with Crippen molar-refractivity contribution in [3.8, 4) is 0 Å². The van der Waals surface area contributed by atoms with Gasteiger partial charge in [0.15, 0.2) is 6.10 Å². The number of nitrogens with one attached hydrogen (secondary N) is 1. The van der Waals surface area contributed by atoms with Gasteiger partial charge in [0.2, 0.25) is 0 Å². The Hall–Kier alpha value is -2.39. The summed E-state index contributed by atoms with van der Waals surface area (Å²) in [6.07, 6.45) is -6.36. The molecule has 2 atom stereocenters. The van der Waals surface area contributed by atoms with Crippen LogP contribution in [0.5, 0.6) is 0 Å². The van der Waals surface area contributed by atoms with Crippen LogP contribution in [-0.4, -0.2) is 28.1 Å². The van der Waals surface area contributed by atoms with Gasteiger partial charge >= 0.3 is 12.1 Å². The number of aliphatic hydroxyl groups excluding tert-OH is 1. The average Bonchev–Trinajstić information content (AvgIpc) is 2.59. The summed E-state index contributed by atoms with van der Waals surface area (Å²) in [7, 11) is 0. The number of halogens is 4. The third-order valence-electron chi connectivity index (χ3n) is 3.75. The first-order chi connectivity index (χ1) is 12.6. The van der Waals surface area contributed by atoms with Crippen molar-refractivity contribution in [2.45, 2.75) is 24.7 Å². The van der Waals surface area contributed by atoms with Gasteiger partial charge in [0.05, 0.1) is 5.56 Å². The molecule has 9 heteroatoms. The van der Waals surface area contributed by atoms with Crippen LogP contribution in [0.15, 0.2) is 53.0 Å². The number of hydrogen-bond acceptors (Lipinski definition) is 3. The number of carboxylic acids is 1. The maximum Gasteiger partial charge on any atom is 0.416 e. The van der Waals surface area contributed by atoms with E-state index in [0.29, 0.717) is 5.56 Å². The monoisotopic (exact) mass is 445 g/mol. The van der Waals surface area contributed by atoms with Crippen LogP contribution in [-0.2, 0) is 22.2 Å². The molecule has 0 radical (unpaired) electrons. The lowest BCUT2D eigenvalue weighted by Crippen LogP contribution is -2.44. The number of aliphatic hydroxyl groups is 1. The molecule has 5 nitrogen and oxygen atoms in total. The number of carbonyl (C=O) groups excluding carboxylic acids is 1. The van der Waals surface area contributed by atoms with Gasteiger partial charge in [-0.2, -0.15) is 13.2 Å². The molecular weight excluding hydrogens is 431 g/mol. The lowest BCUT2D eigenvalue weighted by molar-refractivity contribution is -0.143. The summed E-state index contributed by atoms with van der Waals surface area (Å²) in [5.41, 5.74) is -0.356. The summed E-state index contributed by atoms with van der Waals surface area (Å²) in [4.78, 5) is 23.5. The van der Waals surface area contributed by atoms with Crippen molar-refractivity contribution >= 4 is 27.8 Å². The Labute approximate surface area is 161 Å². The Kier molecular flexibility index (Phi) is 6.61. The molecule has 2 rings (SSSR count). The van der Waals surface area contributed by atoms with Gasteiger partial charge in [-0.3, -0.25) is 4.79 Å². The van der Waals surface area contributed by atoms with E-state index in [1.807, 2.05) is 0 Å². The van der Waals surface area contributed by atoms with Crippen LogP contribution >= 0.6 is 15.9 Å². The second-order valence-corrected chi connectivity index (χ2v) is 6.67. The van der Waals surface area contributed by atoms with E-state index in [2.05, 4.69) is 21.2 Å². The van der Waals surface area contributed by atoms with Gasteiger partial charge in [-0.05, 0) is 35.4 Å². The van der Waals surface area contributed by atoms with Crippen molar-refractivity contribution in [3.05, 3.63) is 69.7 Å². The molecule has 1 amide bonds. The number of alkyl halides is 3. The topological polar surface area (TPSA) is 86.6 Å².